The molecular formula is C11H14INS. The van der Waals surface area contributed by atoms with Gasteiger partial charge in [0.25, 0.3) is 0 Å². The average Bonchev–Trinajstić information content (AvgIpc) is 2.87. The van der Waals surface area contributed by atoms with E-state index in [0.717, 1.165) is 6.04 Å². The lowest BCUT2D eigenvalue weighted by atomic mass is 9.94. The van der Waals surface area contributed by atoms with Crippen molar-refractivity contribution < 1.29 is 0 Å². The second-order valence-electron chi connectivity index (χ2n) is 4.31. The monoisotopic (exact) mass is 319 g/mol. The molecule has 14 heavy (non-hydrogen) atoms. The van der Waals surface area contributed by atoms with Crippen LogP contribution >= 0.6 is 33.9 Å². The molecule has 0 bridgehead atoms. The van der Waals surface area contributed by atoms with Crippen LogP contribution in [-0.2, 0) is 6.42 Å². The fourth-order valence-corrected chi connectivity index (χ4v) is 4.35. The number of hydrogen-bond acceptors (Lipinski definition) is 2. The quantitative estimate of drug-likeness (QED) is 0.823. The Kier molecular flexibility index (Phi) is 2.58. The Morgan fingerprint density at radius 1 is 1.36 bits per heavy atom. The van der Waals surface area contributed by atoms with Crippen molar-refractivity contribution in [1.82, 2.24) is 5.32 Å². The summed E-state index contributed by atoms with van der Waals surface area (Å²) in [6.07, 6.45) is 6.82. The predicted octanol–water partition coefficient (Wildman–Crippen LogP) is 3.48. The van der Waals surface area contributed by atoms with Crippen LogP contribution in [0.4, 0.5) is 0 Å². The van der Waals surface area contributed by atoms with Gasteiger partial charge in [0, 0.05) is 17.0 Å². The van der Waals surface area contributed by atoms with E-state index in [9.17, 15) is 0 Å². The molecule has 2 aliphatic carbocycles. The number of thiophene rings is 1. The molecule has 1 atom stereocenters. The van der Waals surface area contributed by atoms with Crippen molar-refractivity contribution in [3.63, 3.8) is 0 Å². The molecule has 3 rings (SSSR count). The molecule has 1 fully saturated rings. The van der Waals surface area contributed by atoms with Gasteiger partial charge in [-0.15, -0.1) is 11.3 Å². The number of nitrogens with one attached hydrogen (secondary N) is 1. The molecule has 1 unspecified atom stereocenters. The van der Waals surface area contributed by atoms with Gasteiger partial charge in [-0.25, -0.2) is 0 Å². The first-order chi connectivity index (χ1) is 6.83. The highest BCUT2D eigenvalue weighted by Gasteiger charge is 2.28. The molecule has 0 spiro atoms. The summed E-state index contributed by atoms with van der Waals surface area (Å²) in [5.74, 6) is 0. The van der Waals surface area contributed by atoms with Gasteiger partial charge < -0.3 is 5.32 Å². The summed E-state index contributed by atoms with van der Waals surface area (Å²) in [5, 5.41) is 3.77. The Morgan fingerprint density at radius 3 is 3.00 bits per heavy atom. The van der Waals surface area contributed by atoms with Crippen LogP contribution in [0, 0.1) is 2.88 Å². The van der Waals surface area contributed by atoms with E-state index >= 15 is 0 Å². The van der Waals surface area contributed by atoms with Crippen LogP contribution < -0.4 is 5.32 Å². The average molecular weight is 319 g/mol. The number of halogens is 1. The molecular weight excluding hydrogens is 305 g/mol. The molecule has 2 aliphatic rings. The van der Waals surface area contributed by atoms with Gasteiger partial charge in [-0.3, -0.25) is 0 Å². The summed E-state index contributed by atoms with van der Waals surface area (Å²) >= 11 is 4.44. The minimum Gasteiger partial charge on any atom is -0.307 e. The Labute approximate surface area is 102 Å². The van der Waals surface area contributed by atoms with Crippen LogP contribution in [0.3, 0.4) is 0 Å². The molecule has 1 N–H and O–H groups in total. The van der Waals surface area contributed by atoms with E-state index in [2.05, 4.69) is 34.0 Å². The zero-order valence-electron chi connectivity index (χ0n) is 8.05. The largest absolute Gasteiger partial charge is 0.307 e. The molecule has 1 saturated carbocycles. The second kappa shape index (κ2) is 3.76. The summed E-state index contributed by atoms with van der Waals surface area (Å²) in [4.78, 5) is 1.64. The molecule has 1 heterocycles. The third kappa shape index (κ3) is 1.86. The van der Waals surface area contributed by atoms with Gasteiger partial charge >= 0.3 is 0 Å². The van der Waals surface area contributed by atoms with Crippen LogP contribution in [0.1, 0.15) is 42.2 Å². The zero-order chi connectivity index (χ0) is 9.54. The predicted molar refractivity (Wildman–Crippen MR) is 68.9 cm³/mol. The van der Waals surface area contributed by atoms with Crippen LogP contribution in [0.15, 0.2) is 6.07 Å². The van der Waals surface area contributed by atoms with E-state index in [1.165, 1.54) is 35.0 Å². The minimum absolute atomic E-state index is 0.672. The Bertz CT molecular complexity index is 343. The van der Waals surface area contributed by atoms with Gasteiger partial charge in [0.1, 0.15) is 0 Å². The van der Waals surface area contributed by atoms with Gasteiger partial charge in [0.15, 0.2) is 0 Å². The van der Waals surface area contributed by atoms with Crippen molar-refractivity contribution in [2.75, 3.05) is 0 Å². The van der Waals surface area contributed by atoms with Crippen LogP contribution in [0.5, 0.6) is 0 Å². The third-order valence-corrected chi connectivity index (χ3v) is 5.07. The number of fused-ring (bicyclic) bond motifs is 1. The molecule has 1 nitrogen and oxygen atoms in total. The summed E-state index contributed by atoms with van der Waals surface area (Å²) in [6, 6.07) is 3.90. The van der Waals surface area contributed by atoms with Gasteiger partial charge in [0.2, 0.25) is 0 Å². The number of hydrogen-bond donors (Lipinski definition) is 1. The fourth-order valence-electron chi connectivity index (χ4n) is 2.23. The summed E-state index contributed by atoms with van der Waals surface area (Å²) < 4.78 is 1.46. The van der Waals surface area contributed by atoms with Crippen LogP contribution in [-0.4, -0.2) is 6.04 Å². The molecule has 1 aromatic rings. The molecule has 0 aromatic carbocycles. The zero-order valence-corrected chi connectivity index (χ0v) is 11.0. The number of rotatable bonds is 2. The SMILES string of the molecule is Ic1cc2c(s1)CCCC2NC1CC1. The Balaban J connectivity index is 1.85. The maximum Gasteiger partial charge on any atom is 0.0659 e. The third-order valence-electron chi connectivity index (χ3n) is 3.10. The Hall–Kier alpha value is 0.390. The van der Waals surface area contributed by atoms with Gasteiger partial charge in [0.05, 0.1) is 2.88 Å². The molecule has 1 aromatic heterocycles. The smallest absolute Gasteiger partial charge is 0.0659 e. The van der Waals surface area contributed by atoms with Crippen molar-refractivity contribution in [3.8, 4) is 0 Å². The van der Waals surface area contributed by atoms with Crippen molar-refractivity contribution in [1.29, 1.82) is 0 Å². The van der Waals surface area contributed by atoms with E-state index in [-0.39, 0.29) is 0 Å². The van der Waals surface area contributed by atoms with E-state index in [4.69, 9.17) is 0 Å². The maximum absolute atomic E-state index is 3.77. The lowest BCUT2D eigenvalue weighted by molar-refractivity contribution is 0.461. The fraction of sp³-hybridized carbons (Fsp3) is 0.636. The van der Waals surface area contributed by atoms with Gasteiger partial charge in [-0.1, -0.05) is 0 Å². The van der Waals surface area contributed by atoms with Crippen LogP contribution in [0.2, 0.25) is 0 Å². The lowest BCUT2D eigenvalue weighted by Gasteiger charge is -2.23. The first-order valence-electron chi connectivity index (χ1n) is 5.37. The van der Waals surface area contributed by atoms with Crippen molar-refractivity contribution in [3.05, 3.63) is 19.4 Å². The van der Waals surface area contributed by atoms with Gasteiger partial charge in [-0.05, 0) is 66.3 Å². The van der Waals surface area contributed by atoms with Gasteiger partial charge in [-0.2, -0.15) is 0 Å². The summed E-state index contributed by atoms with van der Waals surface area (Å²) in [6.45, 7) is 0. The molecule has 3 heteroatoms. The highest BCUT2D eigenvalue weighted by atomic mass is 127. The molecule has 0 amide bonds. The molecule has 0 saturated heterocycles. The molecule has 0 aliphatic heterocycles. The molecule has 76 valence electrons. The summed E-state index contributed by atoms with van der Waals surface area (Å²) in [7, 11) is 0. The molecule has 0 radical (unpaired) electrons. The highest BCUT2D eigenvalue weighted by molar-refractivity contribution is 14.1. The van der Waals surface area contributed by atoms with Crippen molar-refractivity contribution in [2.45, 2.75) is 44.2 Å². The summed E-state index contributed by atoms with van der Waals surface area (Å²) in [5.41, 5.74) is 1.61. The highest BCUT2D eigenvalue weighted by Crippen LogP contribution is 2.37. The first kappa shape index (κ1) is 9.60. The van der Waals surface area contributed by atoms with E-state index in [1.54, 1.807) is 10.4 Å². The Morgan fingerprint density at radius 2 is 2.21 bits per heavy atom. The number of aryl methyl sites for hydroxylation is 1. The minimum atomic E-state index is 0.672. The van der Waals surface area contributed by atoms with E-state index in [1.807, 2.05) is 11.3 Å². The second-order valence-corrected chi connectivity index (χ2v) is 7.35. The van der Waals surface area contributed by atoms with Crippen LogP contribution in [0.25, 0.3) is 0 Å². The maximum atomic E-state index is 3.77. The topological polar surface area (TPSA) is 12.0 Å². The first-order valence-corrected chi connectivity index (χ1v) is 7.26. The lowest BCUT2D eigenvalue weighted by Crippen LogP contribution is -2.25. The van der Waals surface area contributed by atoms with Crippen molar-refractivity contribution in [2.24, 2.45) is 0 Å². The standard InChI is InChI=1S/C11H14INS/c12-11-6-8-9(13-7-4-5-7)2-1-3-10(8)14-11/h6-7,9,13H,1-5H2. The van der Waals surface area contributed by atoms with E-state index in [0.29, 0.717) is 6.04 Å². The van der Waals surface area contributed by atoms with Crippen molar-refractivity contribution >= 4 is 33.9 Å². The normalized spacial score (nSPS) is 26.2. The van der Waals surface area contributed by atoms with E-state index < -0.39 is 0 Å².